The molecule has 0 saturated heterocycles. The number of benzene rings is 1. The molecule has 1 amide bonds. The van der Waals surface area contributed by atoms with Gasteiger partial charge >= 0.3 is 0 Å². The first kappa shape index (κ1) is 16.6. The number of halogens is 1. The Balaban J connectivity index is 1.68. The summed E-state index contributed by atoms with van der Waals surface area (Å²) in [4.78, 5) is 14.7. The quantitative estimate of drug-likeness (QED) is 0.924. The number of nitrogens with one attached hydrogen (secondary N) is 1. The van der Waals surface area contributed by atoms with E-state index in [1.165, 1.54) is 0 Å². The molecule has 0 fully saturated rings. The molecule has 0 saturated carbocycles. The van der Waals surface area contributed by atoms with E-state index in [9.17, 15) is 4.79 Å². The zero-order valence-corrected chi connectivity index (χ0v) is 14.1. The van der Waals surface area contributed by atoms with Gasteiger partial charge in [0.1, 0.15) is 11.8 Å². The summed E-state index contributed by atoms with van der Waals surface area (Å²) in [6, 6.07) is 8.58. The predicted molar refractivity (Wildman–Crippen MR) is 91.7 cm³/mol. The van der Waals surface area contributed by atoms with Gasteiger partial charge in [0.05, 0.1) is 22.9 Å². The molecule has 0 spiro atoms. The normalized spacial score (nSPS) is 15.9. The van der Waals surface area contributed by atoms with E-state index in [1.807, 2.05) is 19.1 Å². The molecule has 3 rings (SSSR count). The van der Waals surface area contributed by atoms with E-state index in [2.05, 4.69) is 10.2 Å². The summed E-state index contributed by atoms with van der Waals surface area (Å²) in [5, 5.41) is 12.1. The van der Waals surface area contributed by atoms with Crippen LogP contribution in [-0.4, -0.2) is 23.4 Å². The Kier molecular flexibility index (Phi) is 4.89. The van der Waals surface area contributed by atoms with Crippen molar-refractivity contribution in [1.29, 1.82) is 5.26 Å². The summed E-state index contributed by atoms with van der Waals surface area (Å²) in [6.45, 7) is 3.44. The fourth-order valence-electron chi connectivity index (χ4n) is 2.89. The van der Waals surface area contributed by atoms with Crippen molar-refractivity contribution in [3.63, 3.8) is 0 Å². The van der Waals surface area contributed by atoms with Gasteiger partial charge in [-0.1, -0.05) is 11.6 Å². The van der Waals surface area contributed by atoms with Gasteiger partial charge in [0, 0.05) is 24.2 Å². The Morgan fingerprint density at radius 2 is 2.29 bits per heavy atom. The second-order valence-electron chi connectivity index (χ2n) is 5.91. The number of nitrogens with zero attached hydrogens (tertiary/aromatic N) is 2. The van der Waals surface area contributed by atoms with Gasteiger partial charge in [0.25, 0.3) is 0 Å². The van der Waals surface area contributed by atoms with Crippen molar-refractivity contribution in [2.75, 3.05) is 11.9 Å². The molecule has 1 aliphatic heterocycles. The SMILES string of the molecule is CC(C(=O)Nc1ccc(C#N)c(Cl)c1)N1CCCc2occc2C1. The lowest BCUT2D eigenvalue weighted by molar-refractivity contribution is -0.121. The Bertz CT molecular complexity index is 794. The third-order valence-electron chi connectivity index (χ3n) is 4.34. The zero-order chi connectivity index (χ0) is 17.1. The van der Waals surface area contributed by atoms with Crippen LogP contribution >= 0.6 is 11.6 Å². The molecule has 124 valence electrons. The van der Waals surface area contributed by atoms with Crippen LogP contribution in [0.25, 0.3) is 0 Å². The predicted octanol–water partition coefficient (Wildman–Crippen LogP) is 3.58. The first-order valence-electron chi connectivity index (χ1n) is 7.88. The average molecular weight is 344 g/mol. The fraction of sp³-hybridized carbons (Fsp3) is 0.333. The summed E-state index contributed by atoms with van der Waals surface area (Å²) in [6.07, 6.45) is 3.57. The Hall–Kier alpha value is -2.29. The Morgan fingerprint density at radius 3 is 3.04 bits per heavy atom. The lowest BCUT2D eigenvalue weighted by atomic mass is 10.2. The van der Waals surface area contributed by atoms with Gasteiger partial charge < -0.3 is 9.73 Å². The van der Waals surface area contributed by atoms with Crippen LogP contribution in [0.15, 0.2) is 34.9 Å². The summed E-state index contributed by atoms with van der Waals surface area (Å²) in [5.74, 6) is 0.923. The van der Waals surface area contributed by atoms with Gasteiger partial charge in [-0.15, -0.1) is 0 Å². The number of hydrogen-bond acceptors (Lipinski definition) is 4. The summed E-state index contributed by atoms with van der Waals surface area (Å²) >= 11 is 6.01. The van der Waals surface area contributed by atoms with E-state index in [1.54, 1.807) is 24.5 Å². The van der Waals surface area contributed by atoms with E-state index in [-0.39, 0.29) is 11.9 Å². The average Bonchev–Trinajstić information content (AvgIpc) is 2.91. The minimum absolute atomic E-state index is 0.0947. The Morgan fingerprint density at radius 1 is 1.46 bits per heavy atom. The number of carbonyl (C=O) groups excluding carboxylic acids is 1. The third-order valence-corrected chi connectivity index (χ3v) is 4.66. The highest BCUT2D eigenvalue weighted by Crippen LogP contribution is 2.23. The molecule has 2 aromatic rings. The molecule has 1 aliphatic rings. The Labute approximate surface area is 145 Å². The van der Waals surface area contributed by atoms with Crippen molar-refractivity contribution in [2.24, 2.45) is 0 Å². The van der Waals surface area contributed by atoms with Crippen LogP contribution in [-0.2, 0) is 17.8 Å². The summed E-state index contributed by atoms with van der Waals surface area (Å²) in [5.41, 5.74) is 2.13. The molecule has 0 bridgehead atoms. The molecule has 1 aromatic heterocycles. The van der Waals surface area contributed by atoms with E-state index >= 15 is 0 Å². The van der Waals surface area contributed by atoms with Crippen LogP contribution in [0.4, 0.5) is 5.69 Å². The standard InChI is InChI=1S/C18H18ClN3O2/c1-12(22-7-2-3-17-14(11-22)6-8-24-17)18(23)21-15-5-4-13(10-20)16(19)9-15/h4-6,8-9,12H,2-3,7,11H2,1H3,(H,21,23). The first-order chi connectivity index (χ1) is 11.6. The topological polar surface area (TPSA) is 69.3 Å². The van der Waals surface area contributed by atoms with Crippen molar-refractivity contribution >= 4 is 23.2 Å². The lowest BCUT2D eigenvalue weighted by Crippen LogP contribution is -2.41. The van der Waals surface area contributed by atoms with Gasteiger partial charge in [-0.25, -0.2) is 0 Å². The van der Waals surface area contributed by atoms with Crippen molar-refractivity contribution < 1.29 is 9.21 Å². The monoisotopic (exact) mass is 343 g/mol. The highest BCUT2D eigenvalue weighted by molar-refractivity contribution is 6.32. The molecule has 0 aliphatic carbocycles. The van der Waals surface area contributed by atoms with E-state index in [0.717, 1.165) is 30.7 Å². The molecule has 1 aromatic carbocycles. The van der Waals surface area contributed by atoms with Crippen LogP contribution in [0.3, 0.4) is 0 Å². The summed E-state index contributed by atoms with van der Waals surface area (Å²) < 4.78 is 5.49. The van der Waals surface area contributed by atoms with Gasteiger partial charge in [0.2, 0.25) is 5.91 Å². The minimum Gasteiger partial charge on any atom is -0.469 e. The smallest absolute Gasteiger partial charge is 0.241 e. The number of fused-ring (bicyclic) bond motifs is 1. The number of anilines is 1. The second kappa shape index (κ2) is 7.08. The van der Waals surface area contributed by atoms with Gasteiger partial charge in [-0.2, -0.15) is 5.26 Å². The molecule has 24 heavy (non-hydrogen) atoms. The van der Waals surface area contributed by atoms with Crippen LogP contribution in [0, 0.1) is 11.3 Å². The molecule has 0 radical (unpaired) electrons. The zero-order valence-electron chi connectivity index (χ0n) is 13.4. The maximum absolute atomic E-state index is 12.6. The van der Waals surface area contributed by atoms with Gasteiger partial charge in [-0.05, 0) is 44.2 Å². The van der Waals surface area contributed by atoms with Crippen LogP contribution in [0.1, 0.15) is 30.2 Å². The number of carbonyl (C=O) groups is 1. The number of hydrogen-bond donors (Lipinski definition) is 1. The van der Waals surface area contributed by atoms with E-state index in [0.29, 0.717) is 22.8 Å². The number of amides is 1. The largest absolute Gasteiger partial charge is 0.469 e. The van der Waals surface area contributed by atoms with Crippen LogP contribution in [0.5, 0.6) is 0 Å². The number of nitriles is 1. The van der Waals surface area contributed by atoms with Crippen molar-refractivity contribution in [3.05, 3.63) is 52.4 Å². The summed E-state index contributed by atoms with van der Waals surface area (Å²) in [7, 11) is 0. The fourth-order valence-corrected chi connectivity index (χ4v) is 3.12. The molecule has 1 atom stereocenters. The molecular formula is C18H18ClN3O2. The van der Waals surface area contributed by atoms with Crippen LogP contribution < -0.4 is 5.32 Å². The molecule has 5 nitrogen and oxygen atoms in total. The minimum atomic E-state index is -0.278. The molecular weight excluding hydrogens is 326 g/mol. The van der Waals surface area contributed by atoms with E-state index in [4.69, 9.17) is 21.3 Å². The second-order valence-corrected chi connectivity index (χ2v) is 6.32. The number of aryl methyl sites for hydroxylation is 1. The molecule has 1 unspecified atom stereocenters. The van der Waals surface area contributed by atoms with Crippen LogP contribution in [0.2, 0.25) is 5.02 Å². The maximum atomic E-state index is 12.6. The van der Waals surface area contributed by atoms with Crippen molar-refractivity contribution in [1.82, 2.24) is 4.90 Å². The van der Waals surface area contributed by atoms with E-state index < -0.39 is 0 Å². The highest BCUT2D eigenvalue weighted by Gasteiger charge is 2.25. The number of furan rings is 1. The molecule has 1 N–H and O–H groups in total. The molecule has 6 heteroatoms. The molecule has 2 heterocycles. The van der Waals surface area contributed by atoms with Crippen molar-refractivity contribution in [2.45, 2.75) is 32.4 Å². The lowest BCUT2D eigenvalue weighted by Gasteiger charge is -2.26. The van der Waals surface area contributed by atoms with Gasteiger partial charge in [0.15, 0.2) is 0 Å². The third kappa shape index (κ3) is 3.45. The highest BCUT2D eigenvalue weighted by atomic mass is 35.5. The maximum Gasteiger partial charge on any atom is 0.241 e. The van der Waals surface area contributed by atoms with Crippen molar-refractivity contribution in [3.8, 4) is 6.07 Å². The number of rotatable bonds is 3. The first-order valence-corrected chi connectivity index (χ1v) is 8.26. The van der Waals surface area contributed by atoms with Gasteiger partial charge in [-0.3, -0.25) is 9.69 Å².